The quantitative estimate of drug-likeness (QED) is 0.821. The van der Waals surface area contributed by atoms with E-state index >= 15 is 0 Å². The van der Waals surface area contributed by atoms with Crippen LogP contribution in [0.2, 0.25) is 0 Å². The first-order valence-corrected chi connectivity index (χ1v) is 7.25. The van der Waals surface area contributed by atoms with Gasteiger partial charge in [0.05, 0.1) is 31.7 Å². The highest BCUT2D eigenvalue weighted by molar-refractivity contribution is 5.94. The number of carbonyl (C=O) groups is 1. The summed E-state index contributed by atoms with van der Waals surface area (Å²) in [6.07, 6.45) is 1.25. The Morgan fingerprint density at radius 3 is 2.65 bits per heavy atom. The average molecular weight is 365 g/mol. The number of nitrogens with zero attached hydrogens (tertiary/aromatic N) is 2. The van der Waals surface area contributed by atoms with E-state index in [4.69, 9.17) is 9.47 Å². The van der Waals surface area contributed by atoms with E-state index in [0.29, 0.717) is 18.8 Å². The van der Waals surface area contributed by atoms with Gasteiger partial charge in [-0.15, -0.1) is 24.8 Å². The first-order valence-electron chi connectivity index (χ1n) is 7.25. The summed E-state index contributed by atoms with van der Waals surface area (Å²) >= 11 is 0. The number of amides is 1. The standard InChI is InChI=1S/C14H20N4O3.2ClH/c19-14(12-10-15-3-6-21-12)17-11-1-2-13(16-9-11)18-4-7-20-8-5-18;;/h1-2,9,12,15H,3-8,10H2,(H,17,19);2*1H. The average Bonchev–Trinajstić information content (AvgIpc) is 2.57. The van der Waals surface area contributed by atoms with Crippen molar-refractivity contribution in [3.8, 4) is 0 Å². The Morgan fingerprint density at radius 2 is 2.04 bits per heavy atom. The molecule has 0 aromatic carbocycles. The van der Waals surface area contributed by atoms with Crippen molar-refractivity contribution in [1.82, 2.24) is 10.3 Å². The van der Waals surface area contributed by atoms with Crippen LogP contribution in [0.25, 0.3) is 0 Å². The summed E-state index contributed by atoms with van der Waals surface area (Å²) < 4.78 is 10.7. The van der Waals surface area contributed by atoms with E-state index in [0.717, 1.165) is 38.7 Å². The van der Waals surface area contributed by atoms with Gasteiger partial charge in [-0.25, -0.2) is 4.98 Å². The van der Waals surface area contributed by atoms with Crippen LogP contribution in [0.4, 0.5) is 11.5 Å². The van der Waals surface area contributed by atoms with Gasteiger partial charge in [-0.3, -0.25) is 4.79 Å². The van der Waals surface area contributed by atoms with Crippen LogP contribution in [-0.4, -0.2) is 63.0 Å². The van der Waals surface area contributed by atoms with Crippen LogP contribution >= 0.6 is 24.8 Å². The Balaban J connectivity index is 0.00000132. The van der Waals surface area contributed by atoms with Crippen LogP contribution in [0.3, 0.4) is 0 Å². The number of aromatic nitrogens is 1. The van der Waals surface area contributed by atoms with Gasteiger partial charge in [0.1, 0.15) is 11.9 Å². The van der Waals surface area contributed by atoms with Crippen LogP contribution in [0.5, 0.6) is 0 Å². The molecule has 1 aromatic heterocycles. The summed E-state index contributed by atoms with van der Waals surface area (Å²) in [6, 6.07) is 3.78. The first kappa shape index (κ1) is 19.9. The molecular formula is C14H22Cl2N4O3. The van der Waals surface area contributed by atoms with E-state index in [2.05, 4.69) is 20.5 Å². The molecule has 7 nitrogen and oxygen atoms in total. The number of ether oxygens (including phenoxy) is 2. The monoisotopic (exact) mass is 364 g/mol. The lowest BCUT2D eigenvalue weighted by Crippen LogP contribution is -2.45. The molecule has 130 valence electrons. The number of anilines is 2. The van der Waals surface area contributed by atoms with Crippen LogP contribution < -0.4 is 15.5 Å². The van der Waals surface area contributed by atoms with E-state index in [1.54, 1.807) is 6.20 Å². The van der Waals surface area contributed by atoms with E-state index in [1.807, 2.05) is 12.1 Å². The number of pyridine rings is 1. The zero-order valence-corrected chi connectivity index (χ0v) is 14.3. The predicted molar refractivity (Wildman–Crippen MR) is 93.0 cm³/mol. The normalized spacial score (nSPS) is 20.9. The van der Waals surface area contributed by atoms with Gasteiger partial charge < -0.3 is 25.0 Å². The van der Waals surface area contributed by atoms with E-state index in [9.17, 15) is 4.79 Å². The topological polar surface area (TPSA) is 75.7 Å². The molecule has 3 heterocycles. The Labute approximate surface area is 147 Å². The Bertz CT molecular complexity index is 477. The Hall–Kier alpha value is -1.12. The van der Waals surface area contributed by atoms with Gasteiger partial charge in [-0.2, -0.15) is 0 Å². The van der Waals surface area contributed by atoms with E-state index in [-0.39, 0.29) is 30.7 Å². The number of nitrogens with one attached hydrogen (secondary N) is 2. The molecule has 0 saturated carbocycles. The summed E-state index contributed by atoms with van der Waals surface area (Å²) in [5.74, 6) is 0.773. The second kappa shape index (κ2) is 9.89. The Kier molecular flexibility index (Phi) is 8.57. The van der Waals surface area contributed by atoms with Crippen LogP contribution in [0, 0.1) is 0 Å². The van der Waals surface area contributed by atoms with Gasteiger partial charge in [-0.05, 0) is 12.1 Å². The van der Waals surface area contributed by atoms with E-state index < -0.39 is 6.10 Å². The van der Waals surface area contributed by atoms with Crippen molar-refractivity contribution >= 4 is 42.2 Å². The SMILES string of the molecule is Cl.Cl.O=C(Nc1ccc(N2CCOCC2)nc1)C1CNCCO1. The lowest BCUT2D eigenvalue weighted by Gasteiger charge is -2.27. The summed E-state index contributed by atoms with van der Waals surface area (Å²) in [6.45, 7) is 5.05. The molecule has 0 bridgehead atoms. The molecule has 2 N–H and O–H groups in total. The second-order valence-corrected chi connectivity index (χ2v) is 5.06. The van der Waals surface area contributed by atoms with Gasteiger partial charge >= 0.3 is 0 Å². The largest absolute Gasteiger partial charge is 0.378 e. The van der Waals surface area contributed by atoms with Crippen molar-refractivity contribution in [3.63, 3.8) is 0 Å². The van der Waals surface area contributed by atoms with Crippen LogP contribution in [-0.2, 0) is 14.3 Å². The number of morpholine rings is 2. The maximum atomic E-state index is 12.0. The highest BCUT2D eigenvalue weighted by atomic mass is 35.5. The van der Waals surface area contributed by atoms with E-state index in [1.165, 1.54) is 0 Å². The maximum absolute atomic E-state index is 12.0. The molecule has 1 aromatic rings. The van der Waals surface area contributed by atoms with Crippen molar-refractivity contribution in [2.24, 2.45) is 0 Å². The number of rotatable bonds is 3. The van der Waals surface area contributed by atoms with Gasteiger partial charge in [0, 0.05) is 26.2 Å². The van der Waals surface area contributed by atoms with Crippen molar-refractivity contribution < 1.29 is 14.3 Å². The first-order chi connectivity index (χ1) is 10.3. The van der Waals surface area contributed by atoms with Gasteiger partial charge in [-0.1, -0.05) is 0 Å². The summed E-state index contributed by atoms with van der Waals surface area (Å²) in [7, 11) is 0. The molecule has 0 spiro atoms. The lowest BCUT2D eigenvalue weighted by atomic mass is 10.2. The summed E-state index contributed by atoms with van der Waals surface area (Å²) in [5, 5.41) is 5.97. The highest BCUT2D eigenvalue weighted by Crippen LogP contribution is 2.15. The third-order valence-corrected chi connectivity index (χ3v) is 3.57. The van der Waals surface area contributed by atoms with Gasteiger partial charge in [0.25, 0.3) is 5.91 Å². The molecule has 2 aliphatic rings. The van der Waals surface area contributed by atoms with Gasteiger partial charge in [0.15, 0.2) is 0 Å². The zero-order valence-electron chi connectivity index (χ0n) is 12.7. The number of halogens is 2. The highest BCUT2D eigenvalue weighted by Gasteiger charge is 2.21. The minimum absolute atomic E-state index is 0. The minimum Gasteiger partial charge on any atom is -0.378 e. The number of hydrogen-bond acceptors (Lipinski definition) is 6. The molecule has 1 unspecified atom stereocenters. The van der Waals surface area contributed by atoms with Crippen LogP contribution in [0.1, 0.15) is 0 Å². The molecule has 0 aliphatic carbocycles. The maximum Gasteiger partial charge on any atom is 0.254 e. The molecule has 3 rings (SSSR count). The minimum atomic E-state index is -0.433. The molecule has 1 amide bonds. The molecule has 2 aliphatic heterocycles. The fraction of sp³-hybridized carbons (Fsp3) is 0.571. The predicted octanol–water partition coefficient (Wildman–Crippen LogP) is 0.689. The molecular weight excluding hydrogens is 343 g/mol. The molecule has 2 fully saturated rings. The Morgan fingerprint density at radius 1 is 1.26 bits per heavy atom. The zero-order chi connectivity index (χ0) is 14.5. The summed E-state index contributed by atoms with van der Waals surface area (Å²) in [4.78, 5) is 18.6. The van der Waals surface area contributed by atoms with Crippen molar-refractivity contribution in [3.05, 3.63) is 18.3 Å². The van der Waals surface area contributed by atoms with Gasteiger partial charge in [0.2, 0.25) is 0 Å². The summed E-state index contributed by atoms with van der Waals surface area (Å²) in [5.41, 5.74) is 0.686. The van der Waals surface area contributed by atoms with Crippen LogP contribution in [0.15, 0.2) is 18.3 Å². The van der Waals surface area contributed by atoms with Crippen molar-refractivity contribution in [1.29, 1.82) is 0 Å². The molecule has 1 atom stereocenters. The fourth-order valence-electron chi connectivity index (χ4n) is 2.40. The van der Waals surface area contributed by atoms with Crippen molar-refractivity contribution in [2.75, 3.05) is 56.2 Å². The fourth-order valence-corrected chi connectivity index (χ4v) is 2.40. The second-order valence-electron chi connectivity index (χ2n) is 5.06. The molecule has 0 radical (unpaired) electrons. The third-order valence-electron chi connectivity index (χ3n) is 3.57. The number of hydrogen-bond donors (Lipinski definition) is 2. The smallest absolute Gasteiger partial charge is 0.254 e. The lowest BCUT2D eigenvalue weighted by molar-refractivity contribution is -0.128. The molecule has 23 heavy (non-hydrogen) atoms. The van der Waals surface area contributed by atoms with Crippen molar-refractivity contribution in [2.45, 2.75) is 6.10 Å². The number of carbonyl (C=O) groups excluding carboxylic acids is 1. The molecule has 2 saturated heterocycles. The molecule has 9 heteroatoms. The third kappa shape index (κ3) is 5.47.